The standard InChI is InChI=1S/C15H30N4O2/c1-8-10-17-12(16-9-2)18-11-15(6,7)19-13(20)21-14(3,4)5/h8H,1,9-11H2,2-7H3,(H,19,20)(H2,16,17,18). The van der Waals surface area contributed by atoms with Crippen LogP contribution >= 0.6 is 0 Å². The summed E-state index contributed by atoms with van der Waals surface area (Å²) in [7, 11) is 0. The van der Waals surface area contributed by atoms with Gasteiger partial charge in [0.1, 0.15) is 5.60 Å². The Bertz CT molecular complexity index is 370. The van der Waals surface area contributed by atoms with Gasteiger partial charge in [0.15, 0.2) is 5.96 Å². The number of hydrogen-bond donors (Lipinski definition) is 3. The number of nitrogens with zero attached hydrogens (tertiary/aromatic N) is 1. The lowest BCUT2D eigenvalue weighted by atomic mass is 10.1. The van der Waals surface area contributed by atoms with Gasteiger partial charge in [0.05, 0.1) is 12.1 Å². The number of alkyl carbamates (subject to hydrolysis) is 1. The maximum atomic E-state index is 11.8. The summed E-state index contributed by atoms with van der Waals surface area (Å²) in [6.45, 7) is 16.8. The third-order valence-electron chi connectivity index (χ3n) is 2.23. The topological polar surface area (TPSA) is 74.8 Å². The fraction of sp³-hybridized carbons (Fsp3) is 0.733. The zero-order valence-corrected chi connectivity index (χ0v) is 14.2. The van der Waals surface area contributed by atoms with Crippen molar-refractivity contribution in [2.75, 3.05) is 19.6 Å². The summed E-state index contributed by atoms with van der Waals surface area (Å²) in [6.07, 6.45) is 1.32. The van der Waals surface area contributed by atoms with E-state index >= 15 is 0 Å². The van der Waals surface area contributed by atoms with Gasteiger partial charge in [-0.1, -0.05) is 6.08 Å². The first-order chi connectivity index (χ1) is 9.59. The van der Waals surface area contributed by atoms with Gasteiger partial charge in [-0.15, -0.1) is 6.58 Å². The van der Waals surface area contributed by atoms with Gasteiger partial charge in [-0.05, 0) is 41.5 Å². The molecule has 0 aromatic carbocycles. The largest absolute Gasteiger partial charge is 0.444 e. The number of amides is 1. The third kappa shape index (κ3) is 10.7. The summed E-state index contributed by atoms with van der Waals surface area (Å²) in [6, 6.07) is 0. The molecular weight excluding hydrogens is 268 g/mol. The van der Waals surface area contributed by atoms with Crippen molar-refractivity contribution < 1.29 is 9.53 Å². The maximum absolute atomic E-state index is 11.8. The lowest BCUT2D eigenvalue weighted by Crippen LogP contribution is -2.48. The minimum atomic E-state index is -0.510. The molecule has 0 bridgehead atoms. The summed E-state index contributed by atoms with van der Waals surface area (Å²) >= 11 is 0. The second kappa shape index (κ2) is 8.54. The second-order valence-electron chi connectivity index (χ2n) is 6.38. The molecule has 0 heterocycles. The lowest BCUT2D eigenvalue weighted by Gasteiger charge is -2.27. The average Bonchev–Trinajstić information content (AvgIpc) is 2.29. The highest BCUT2D eigenvalue weighted by Crippen LogP contribution is 2.09. The van der Waals surface area contributed by atoms with Crippen LogP contribution in [0.1, 0.15) is 41.5 Å². The minimum Gasteiger partial charge on any atom is -0.444 e. The zero-order chi connectivity index (χ0) is 16.5. The van der Waals surface area contributed by atoms with E-state index in [4.69, 9.17) is 4.74 Å². The molecule has 21 heavy (non-hydrogen) atoms. The van der Waals surface area contributed by atoms with Crippen LogP contribution in [0.5, 0.6) is 0 Å². The summed E-state index contributed by atoms with van der Waals surface area (Å²) in [5.41, 5.74) is -1.01. The number of carbonyl (C=O) groups excluding carboxylic acids is 1. The Morgan fingerprint density at radius 1 is 1.24 bits per heavy atom. The number of rotatable bonds is 6. The third-order valence-corrected chi connectivity index (χ3v) is 2.23. The molecule has 6 nitrogen and oxygen atoms in total. The Morgan fingerprint density at radius 2 is 1.86 bits per heavy atom. The van der Waals surface area contributed by atoms with Crippen LogP contribution in [0.25, 0.3) is 0 Å². The SMILES string of the molecule is C=CCNC(=NCC(C)(C)NC(=O)OC(C)(C)C)NCC. The summed E-state index contributed by atoms with van der Waals surface area (Å²) in [5, 5.41) is 9.06. The highest BCUT2D eigenvalue weighted by atomic mass is 16.6. The van der Waals surface area contributed by atoms with Crippen LogP contribution < -0.4 is 16.0 Å². The molecule has 0 radical (unpaired) electrons. The van der Waals surface area contributed by atoms with E-state index in [0.717, 1.165) is 6.54 Å². The predicted molar refractivity (Wildman–Crippen MR) is 87.6 cm³/mol. The van der Waals surface area contributed by atoms with Crippen LogP contribution in [0.4, 0.5) is 4.79 Å². The van der Waals surface area contributed by atoms with Crippen molar-refractivity contribution in [2.24, 2.45) is 4.99 Å². The number of aliphatic imine (C=N–C) groups is 1. The molecule has 0 saturated heterocycles. The van der Waals surface area contributed by atoms with Gasteiger partial charge in [0, 0.05) is 13.1 Å². The summed E-state index contributed by atoms with van der Waals surface area (Å²) in [5.74, 6) is 0.691. The van der Waals surface area contributed by atoms with Crippen molar-refractivity contribution in [2.45, 2.75) is 52.7 Å². The number of hydrogen-bond acceptors (Lipinski definition) is 3. The van der Waals surface area contributed by atoms with Crippen molar-refractivity contribution >= 4 is 12.1 Å². The van der Waals surface area contributed by atoms with E-state index in [1.54, 1.807) is 6.08 Å². The molecule has 0 aliphatic heterocycles. The van der Waals surface area contributed by atoms with E-state index in [1.165, 1.54) is 0 Å². The van der Waals surface area contributed by atoms with E-state index in [2.05, 4.69) is 27.5 Å². The molecule has 0 aromatic heterocycles. The normalized spacial score (nSPS) is 12.6. The smallest absolute Gasteiger partial charge is 0.408 e. The average molecular weight is 298 g/mol. The Hall–Kier alpha value is -1.72. The summed E-state index contributed by atoms with van der Waals surface area (Å²) < 4.78 is 5.25. The van der Waals surface area contributed by atoms with Crippen LogP contribution in [-0.2, 0) is 4.74 Å². The minimum absolute atomic E-state index is 0.429. The molecule has 1 amide bonds. The monoisotopic (exact) mass is 298 g/mol. The fourth-order valence-electron chi connectivity index (χ4n) is 1.41. The predicted octanol–water partition coefficient (Wildman–Crippen LogP) is 2.03. The van der Waals surface area contributed by atoms with E-state index in [1.807, 2.05) is 41.5 Å². The van der Waals surface area contributed by atoms with Crippen LogP contribution in [0.3, 0.4) is 0 Å². The number of guanidine groups is 1. The van der Waals surface area contributed by atoms with E-state index < -0.39 is 17.2 Å². The molecule has 0 aromatic rings. The number of carbonyl (C=O) groups is 1. The molecule has 3 N–H and O–H groups in total. The molecule has 0 atom stereocenters. The molecule has 6 heteroatoms. The number of nitrogens with one attached hydrogen (secondary N) is 3. The van der Waals surface area contributed by atoms with Crippen LogP contribution in [0.15, 0.2) is 17.6 Å². The highest BCUT2D eigenvalue weighted by molar-refractivity contribution is 5.80. The zero-order valence-electron chi connectivity index (χ0n) is 14.2. The molecule has 0 fully saturated rings. The summed E-state index contributed by atoms with van der Waals surface area (Å²) in [4.78, 5) is 16.2. The molecule has 0 spiro atoms. The van der Waals surface area contributed by atoms with Crippen molar-refractivity contribution in [1.82, 2.24) is 16.0 Å². The van der Waals surface area contributed by atoms with Gasteiger partial charge in [-0.2, -0.15) is 0 Å². The molecule has 0 unspecified atom stereocenters. The first kappa shape index (κ1) is 19.3. The van der Waals surface area contributed by atoms with Gasteiger partial charge in [0.2, 0.25) is 0 Å². The van der Waals surface area contributed by atoms with Gasteiger partial charge in [-0.3, -0.25) is 4.99 Å². The molecule has 0 aliphatic carbocycles. The van der Waals surface area contributed by atoms with Crippen LogP contribution in [0.2, 0.25) is 0 Å². The van der Waals surface area contributed by atoms with Gasteiger partial charge >= 0.3 is 6.09 Å². The molecule has 122 valence electrons. The van der Waals surface area contributed by atoms with E-state index in [9.17, 15) is 4.79 Å². The first-order valence-electron chi connectivity index (χ1n) is 7.24. The fourth-order valence-corrected chi connectivity index (χ4v) is 1.41. The van der Waals surface area contributed by atoms with E-state index in [-0.39, 0.29) is 0 Å². The van der Waals surface area contributed by atoms with Crippen LogP contribution in [-0.4, -0.2) is 42.8 Å². The van der Waals surface area contributed by atoms with Crippen molar-refractivity contribution in [3.63, 3.8) is 0 Å². The Labute approximate surface area is 128 Å². The number of ether oxygens (including phenoxy) is 1. The van der Waals surface area contributed by atoms with Crippen LogP contribution in [0, 0.1) is 0 Å². The molecule has 0 rings (SSSR count). The lowest BCUT2D eigenvalue weighted by molar-refractivity contribution is 0.0476. The Kier molecular flexibility index (Phi) is 7.84. The van der Waals surface area contributed by atoms with Crippen molar-refractivity contribution in [1.29, 1.82) is 0 Å². The molecule has 0 saturated carbocycles. The van der Waals surface area contributed by atoms with Gasteiger partial charge in [-0.25, -0.2) is 4.79 Å². The van der Waals surface area contributed by atoms with E-state index in [0.29, 0.717) is 19.0 Å². The van der Waals surface area contributed by atoms with Crippen molar-refractivity contribution in [3.05, 3.63) is 12.7 Å². The second-order valence-corrected chi connectivity index (χ2v) is 6.38. The molecule has 0 aliphatic rings. The molecular formula is C15H30N4O2. The van der Waals surface area contributed by atoms with Crippen molar-refractivity contribution in [3.8, 4) is 0 Å². The maximum Gasteiger partial charge on any atom is 0.408 e. The van der Waals surface area contributed by atoms with Gasteiger partial charge in [0.25, 0.3) is 0 Å². The Balaban J connectivity index is 4.54. The Morgan fingerprint density at radius 3 is 2.33 bits per heavy atom. The quantitative estimate of drug-likeness (QED) is 0.398. The van der Waals surface area contributed by atoms with Gasteiger partial charge < -0.3 is 20.7 Å². The highest BCUT2D eigenvalue weighted by Gasteiger charge is 2.24. The first-order valence-corrected chi connectivity index (χ1v) is 7.24.